The monoisotopic (exact) mass is 665 g/mol. The zero-order chi connectivity index (χ0) is 33.1. The normalized spacial score (nSPS) is 18.1. The number of aromatic nitrogens is 1. The van der Waals surface area contributed by atoms with E-state index in [0.717, 1.165) is 99.8 Å². The first-order valence-electron chi connectivity index (χ1n) is 18.2. The predicted molar refractivity (Wildman–Crippen MR) is 190 cm³/mol. The van der Waals surface area contributed by atoms with Gasteiger partial charge in [-0.25, -0.2) is 4.79 Å². The van der Waals surface area contributed by atoms with E-state index < -0.39 is 11.6 Å². The van der Waals surface area contributed by atoms with Gasteiger partial charge < -0.3 is 30.5 Å². The molecule has 5 rings (SSSR count). The highest BCUT2D eigenvalue weighted by Crippen LogP contribution is 2.42. The van der Waals surface area contributed by atoms with Gasteiger partial charge in [-0.3, -0.25) is 4.79 Å². The maximum atomic E-state index is 12.5. The van der Waals surface area contributed by atoms with Crippen molar-refractivity contribution in [3.8, 4) is 5.75 Å². The molecule has 5 N–H and O–H groups in total. The van der Waals surface area contributed by atoms with Gasteiger partial charge in [-0.2, -0.15) is 0 Å². The summed E-state index contributed by atoms with van der Waals surface area (Å²) in [5, 5.41) is 35.3. The predicted octanol–water partition coefficient (Wildman–Crippen LogP) is 6.97. The molecule has 0 bridgehead atoms. The minimum atomic E-state index is -1.79. The minimum Gasteiger partial charge on any atom is -0.506 e. The average Bonchev–Trinajstić information content (AvgIpc) is 3.49. The van der Waals surface area contributed by atoms with Crippen LogP contribution >= 0.6 is 11.3 Å². The Labute approximate surface area is 283 Å². The summed E-state index contributed by atoms with van der Waals surface area (Å²) in [5.74, 6) is -0.643. The zero-order valence-electron chi connectivity index (χ0n) is 28.0. The number of piperidine rings is 1. The first kappa shape index (κ1) is 35.6. The fourth-order valence-electron chi connectivity index (χ4n) is 7.91. The number of nitrogens with one attached hydrogen (secondary N) is 2. The van der Waals surface area contributed by atoms with Crippen molar-refractivity contribution in [1.29, 1.82) is 0 Å². The number of aromatic hydroxyl groups is 1. The van der Waals surface area contributed by atoms with Crippen molar-refractivity contribution in [2.45, 2.75) is 108 Å². The molecule has 8 nitrogen and oxygen atoms in total. The molecule has 2 fully saturated rings. The number of aromatic amines is 1. The number of phenols is 1. The molecule has 1 saturated carbocycles. The number of aliphatic hydroxyl groups is 1. The van der Waals surface area contributed by atoms with Gasteiger partial charge >= 0.3 is 10.8 Å². The first-order valence-corrected chi connectivity index (χ1v) is 19.0. The number of H-pyrrole nitrogens is 1. The van der Waals surface area contributed by atoms with Crippen LogP contribution in [0.3, 0.4) is 0 Å². The number of nitrogens with zero attached hydrogens (tertiary/aromatic N) is 1. The third kappa shape index (κ3) is 9.46. The number of hydrogen-bond acceptors (Lipinski definition) is 7. The van der Waals surface area contributed by atoms with Crippen molar-refractivity contribution < 1.29 is 20.1 Å². The molecule has 1 unspecified atom stereocenters. The number of unbranched alkanes of at least 4 members (excludes halogenated alkanes) is 6. The topological polar surface area (TPSA) is 126 Å². The second kappa shape index (κ2) is 17.6. The number of carbonyl (C=O) groups is 1. The van der Waals surface area contributed by atoms with Gasteiger partial charge in [-0.1, -0.05) is 93.0 Å². The molecule has 0 spiro atoms. The van der Waals surface area contributed by atoms with Gasteiger partial charge in [-0.15, -0.1) is 0 Å². The maximum absolute atomic E-state index is 12.5. The van der Waals surface area contributed by atoms with E-state index in [1.54, 1.807) is 6.07 Å². The maximum Gasteiger partial charge on any atom is 0.340 e. The minimum absolute atomic E-state index is 0.129. The van der Waals surface area contributed by atoms with Gasteiger partial charge in [-0.05, 0) is 113 Å². The van der Waals surface area contributed by atoms with E-state index in [1.807, 2.05) is 30.3 Å². The summed E-state index contributed by atoms with van der Waals surface area (Å²) in [4.78, 5) is 29.3. The molecule has 9 heteroatoms. The lowest BCUT2D eigenvalue weighted by molar-refractivity contribution is -0.168. The highest BCUT2D eigenvalue weighted by molar-refractivity contribution is 7.16. The van der Waals surface area contributed by atoms with Crippen LogP contribution in [0.2, 0.25) is 0 Å². The molecule has 2 aliphatic rings. The summed E-state index contributed by atoms with van der Waals surface area (Å²) in [6.07, 6.45) is 17.5. The highest BCUT2D eigenvalue weighted by atomic mass is 32.1. The molecule has 1 aliphatic heterocycles. The molecule has 258 valence electrons. The molecular formula is C38H55N3O5S. The molecular weight excluding hydrogens is 611 g/mol. The highest BCUT2D eigenvalue weighted by Gasteiger charge is 2.47. The van der Waals surface area contributed by atoms with Crippen LogP contribution < -0.4 is 10.2 Å². The van der Waals surface area contributed by atoms with E-state index in [9.17, 15) is 24.9 Å². The summed E-state index contributed by atoms with van der Waals surface area (Å²) in [7, 11) is 0. The third-order valence-electron chi connectivity index (χ3n) is 10.7. The largest absolute Gasteiger partial charge is 0.506 e. The number of thiazole rings is 1. The summed E-state index contributed by atoms with van der Waals surface area (Å²) in [6.45, 7) is 5.25. The Bertz CT molecular complexity index is 1470. The number of phenolic OH excluding ortho intramolecular Hbond substituents is 1. The zero-order valence-corrected chi connectivity index (χ0v) is 28.8. The third-order valence-corrected chi connectivity index (χ3v) is 11.7. The van der Waals surface area contributed by atoms with Gasteiger partial charge in [0.2, 0.25) is 0 Å². The van der Waals surface area contributed by atoms with Crippen molar-refractivity contribution >= 4 is 27.5 Å². The van der Waals surface area contributed by atoms with Crippen LogP contribution in [0.1, 0.15) is 107 Å². The number of likely N-dealkylation sites (tertiary alicyclic amines) is 1. The van der Waals surface area contributed by atoms with Crippen LogP contribution in [0.4, 0.5) is 0 Å². The lowest BCUT2D eigenvalue weighted by Crippen LogP contribution is -2.45. The van der Waals surface area contributed by atoms with Crippen LogP contribution in [0, 0.1) is 11.8 Å². The van der Waals surface area contributed by atoms with E-state index in [-0.39, 0.29) is 16.5 Å². The van der Waals surface area contributed by atoms with E-state index in [0.29, 0.717) is 17.0 Å². The lowest BCUT2D eigenvalue weighted by Gasteiger charge is -2.37. The van der Waals surface area contributed by atoms with Crippen LogP contribution in [0.5, 0.6) is 5.75 Å². The summed E-state index contributed by atoms with van der Waals surface area (Å²) >= 11 is 1.17. The molecule has 0 amide bonds. The molecule has 2 heterocycles. The van der Waals surface area contributed by atoms with Crippen molar-refractivity contribution in [3.63, 3.8) is 0 Å². The van der Waals surface area contributed by atoms with E-state index >= 15 is 0 Å². The van der Waals surface area contributed by atoms with E-state index in [2.05, 4.69) is 15.2 Å². The molecule has 1 saturated heterocycles. The average molecular weight is 666 g/mol. The Morgan fingerprint density at radius 2 is 1.60 bits per heavy atom. The number of hydrogen-bond donors (Lipinski definition) is 5. The molecule has 0 radical (unpaired) electrons. The molecule has 3 aromatic rings. The van der Waals surface area contributed by atoms with Crippen molar-refractivity contribution in [2.24, 2.45) is 11.8 Å². The van der Waals surface area contributed by atoms with Crippen molar-refractivity contribution in [2.75, 3.05) is 32.7 Å². The number of rotatable bonds is 18. The SMILES string of the molecule is O=C(O)C(O)(c1ccccc1CC1CCN(CCCCCCCCCNCCc2ccc(O)c3[nH]c(=O)sc23)CC1)C1CCCCC1. The molecule has 2 aromatic carbocycles. The fourth-order valence-corrected chi connectivity index (χ4v) is 8.81. The Morgan fingerprint density at radius 1 is 0.894 bits per heavy atom. The number of carboxylic acid groups (broad SMARTS) is 1. The number of benzene rings is 2. The van der Waals surface area contributed by atoms with Crippen molar-refractivity contribution in [3.05, 3.63) is 62.8 Å². The van der Waals surface area contributed by atoms with Gasteiger partial charge in [0.25, 0.3) is 0 Å². The van der Waals surface area contributed by atoms with Crippen LogP contribution in [-0.2, 0) is 23.2 Å². The van der Waals surface area contributed by atoms with E-state index in [4.69, 9.17) is 0 Å². The number of carboxylic acids is 1. The molecule has 1 aliphatic carbocycles. The van der Waals surface area contributed by atoms with Gasteiger partial charge in [0, 0.05) is 5.92 Å². The molecule has 1 aromatic heterocycles. The number of aliphatic carboxylic acids is 1. The second-order valence-corrected chi connectivity index (χ2v) is 15.0. The summed E-state index contributed by atoms with van der Waals surface area (Å²) in [5.41, 5.74) is 1.51. The van der Waals surface area contributed by atoms with Crippen molar-refractivity contribution in [1.82, 2.24) is 15.2 Å². The first-order chi connectivity index (χ1) is 22.9. The molecule has 47 heavy (non-hydrogen) atoms. The Kier molecular flexibility index (Phi) is 13.3. The van der Waals surface area contributed by atoms with Gasteiger partial charge in [0.05, 0.1) is 4.70 Å². The van der Waals surface area contributed by atoms with Crippen LogP contribution in [0.25, 0.3) is 10.2 Å². The van der Waals surface area contributed by atoms with Crippen LogP contribution in [-0.4, -0.2) is 63.9 Å². The van der Waals surface area contributed by atoms with E-state index in [1.165, 1.54) is 62.8 Å². The fraction of sp³-hybridized carbons (Fsp3) is 0.632. The van der Waals surface area contributed by atoms with Crippen LogP contribution in [0.15, 0.2) is 41.2 Å². The Morgan fingerprint density at radius 3 is 2.34 bits per heavy atom. The summed E-state index contributed by atoms with van der Waals surface area (Å²) in [6, 6.07) is 11.3. The number of fused-ring (bicyclic) bond motifs is 1. The van der Waals surface area contributed by atoms with Gasteiger partial charge in [0.1, 0.15) is 11.3 Å². The smallest absolute Gasteiger partial charge is 0.340 e. The second-order valence-electron chi connectivity index (χ2n) is 14.0. The molecule has 1 atom stereocenters. The summed E-state index contributed by atoms with van der Waals surface area (Å²) < 4.78 is 0.862. The Balaban J connectivity index is 0.910. The quantitative estimate of drug-likeness (QED) is 0.0930. The van der Waals surface area contributed by atoms with Gasteiger partial charge in [0.15, 0.2) is 5.60 Å². The Hall–Kier alpha value is -2.72. The standard InChI is InChI=1S/C38H55N3O5S/c42-33-18-17-29(35-34(33)40-37(45)47-35)19-23-39-22-11-4-2-1-3-5-12-24-41-25-20-28(21-26-41)27-30-13-9-10-16-32(30)38(46,36(43)44)31-14-7-6-8-15-31/h9-10,13,16-18,28,31,39,42,46H,1-8,11-12,14-15,19-27H2,(H,40,45)(H,43,44). The lowest BCUT2D eigenvalue weighted by atomic mass is 9.71.